The zero-order valence-corrected chi connectivity index (χ0v) is 10.3. The molecule has 1 N–H and O–H groups in total. The van der Waals surface area contributed by atoms with Crippen LogP contribution >= 0.6 is 0 Å². The number of quaternary nitrogens is 1. The highest BCUT2D eigenvalue weighted by molar-refractivity contribution is 4.38. The molecule has 0 spiro atoms. The highest BCUT2D eigenvalue weighted by Gasteiger charge is 2.22. The fourth-order valence-corrected chi connectivity index (χ4v) is 1.95. The summed E-state index contributed by atoms with van der Waals surface area (Å²) < 4.78 is 1.10. The quantitative estimate of drug-likeness (QED) is 0.426. The summed E-state index contributed by atoms with van der Waals surface area (Å²) in [5, 5.41) is 0. The van der Waals surface area contributed by atoms with Gasteiger partial charge < -0.3 is 12.4 Å². The van der Waals surface area contributed by atoms with Gasteiger partial charge in [-0.25, -0.2) is 4.59 Å². The first-order valence-corrected chi connectivity index (χ1v) is 5.29. The van der Waals surface area contributed by atoms with Crippen molar-refractivity contribution >= 4 is 0 Å². The van der Waals surface area contributed by atoms with Crippen LogP contribution in [-0.4, -0.2) is 31.3 Å². The van der Waals surface area contributed by atoms with Crippen molar-refractivity contribution in [2.24, 2.45) is 0 Å². The van der Waals surface area contributed by atoms with E-state index in [9.17, 15) is 0 Å². The summed E-state index contributed by atoms with van der Waals surface area (Å²) in [6, 6.07) is 0. The van der Waals surface area contributed by atoms with Crippen LogP contribution in [-0.2, 0) is 0 Å². The van der Waals surface area contributed by atoms with Gasteiger partial charge in [-0.2, -0.15) is 5.43 Å². The molecule has 0 aromatic rings. The van der Waals surface area contributed by atoms with Gasteiger partial charge in [0, 0.05) is 7.05 Å². The van der Waals surface area contributed by atoms with E-state index in [4.69, 9.17) is 0 Å². The van der Waals surface area contributed by atoms with Crippen LogP contribution in [0.1, 0.15) is 40.0 Å². The third-order valence-electron chi connectivity index (χ3n) is 2.43. The van der Waals surface area contributed by atoms with Crippen LogP contribution in [0.4, 0.5) is 0 Å². The molecule has 0 heterocycles. The summed E-state index contributed by atoms with van der Waals surface area (Å²) in [6.45, 7) is 10.6. The molecule has 0 bridgehead atoms. The van der Waals surface area contributed by atoms with Gasteiger partial charge in [0.05, 0.1) is 19.6 Å². The number of halogens is 1. The van der Waals surface area contributed by atoms with Crippen molar-refractivity contribution in [1.29, 1.82) is 0 Å². The Morgan fingerprint density at radius 3 is 1.31 bits per heavy atom. The van der Waals surface area contributed by atoms with E-state index in [-0.39, 0.29) is 12.4 Å². The third kappa shape index (κ3) is 5.50. The molecule has 0 atom stereocenters. The lowest BCUT2D eigenvalue weighted by atomic mass is 10.3. The molecule has 0 amide bonds. The summed E-state index contributed by atoms with van der Waals surface area (Å²) in [4.78, 5) is 0. The van der Waals surface area contributed by atoms with E-state index in [1.165, 1.54) is 38.9 Å². The van der Waals surface area contributed by atoms with Crippen LogP contribution in [0, 0.1) is 0 Å². The van der Waals surface area contributed by atoms with Crippen LogP contribution in [0.25, 0.3) is 0 Å². The summed E-state index contributed by atoms with van der Waals surface area (Å²) >= 11 is 0. The Hall–Kier alpha value is 0.210. The Bertz CT molecular complexity index is 90.1. The molecule has 0 aromatic heterocycles. The first kappa shape index (κ1) is 15.7. The van der Waals surface area contributed by atoms with E-state index in [2.05, 4.69) is 33.2 Å². The van der Waals surface area contributed by atoms with Crippen molar-refractivity contribution in [3.8, 4) is 0 Å². The molecule has 0 aromatic carbocycles. The molecular weight excluding hydrogens is 184 g/mol. The molecule has 2 nitrogen and oxygen atoms in total. The van der Waals surface area contributed by atoms with Crippen molar-refractivity contribution in [2.75, 3.05) is 26.7 Å². The van der Waals surface area contributed by atoms with E-state index >= 15 is 0 Å². The molecule has 0 radical (unpaired) electrons. The maximum absolute atomic E-state index is 3.46. The van der Waals surface area contributed by atoms with Crippen molar-refractivity contribution in [3.63, 3.8) is 0 Å². The Morgan fingerprint density at radius 1 is 0.846 bits per heavy atom. The lowest BCUT2D eigenvalue weighted by molar-refractivity contribution is -0.967. The maximum atomic E-state index is 3.46. The minimum atomic E-state index is 0. The Labute approximate surface area is 89.7 Å². The summed E-state index contributed by atoms with van der Waals surface area (Å²) in [5.41, 5.74) is 3.46. The molecule has 0 aliphatic heterocycles. The predicted molar refractivity (Wildman–Crippen MR) is 54.8 cm³/mol. The lowest BCUT2D eigenvalue weighted by Crippen LogP contribution is -3.00. The molecule has 0 fully saturated rings. The van der Waals surface area contributed by atoms with Gasteiger partial charge in [-0.05, 0) is 19.3 Å². The molecule has 0 saturated carbocycles. The van der Waals surface area contributed by atoms with Gasteiger partial charge in [-0.1, -0.05) is 20.8 Å². The van der Waals surface area contributed by atoms with Crippen LogP contribution in [0.15, 0.2) is 0 Å². The number of hydrogen-bond donors (Lipinski definition) is 1. The van der Waals surface area contributed by atoms with Gasteiger partial charge in [0.15, 0.2) is 0 Å². The zero-order valence-electron chi connectivity index (χ0n) is 9.57. The molecule has 0 saturated heterocycles. The Kier molecular flexibility index (Phi) is 10.6. The van der Waals surface area contributed by atoms with E-state index in [0.29, 0.717) is 0 Å². The van der Waals surface area contributed by atoms with Gasteiger partial charge in [0.1, 0.15) is 0 Å². The molecule has 13 heavy (non-hydrogen) atoms. The topological polar surface area (TPSA) is 12.0 Å². The molecule has 82 valence electrons. The molecular formula is C10H25ClN2. The van der Waals surface area contributed by atoms with Gasteiger partial charge in [-0.3, -0.25) is 0 Å². The second kappa shape index (κ2) is 8.79. The Balaban J connectivity index is 0. The summed E-state index contributed by atoms with van der Waals surface area (Å²) in [7, 11) is 2.08. The highest BCUT2D eigenvalue weighted by Crippen LogP contribution is 2.06. The zero-order chi connectivity index (χ0) is 9.45. The largest absolute Gasteiger partial charge is 1.00 e. The fourth-order valence-electron chi connectivity index (χ4n) is 1.95. The van der Waals surface area contributed by atoms with Crippen molar-refractivity contribution < 1.29 is 17.0 Å². The highest BCUT2D eigenvalue weighted by atomic mass is 35.5. The minimum absolute atomic E-state index is 0. The van der Waals surface area contributed by atoms with Gasteiger partial charge >= 0.3 is 0 Å². The number of nitrogens with one attached hydrogen (secondary N) is 1. The minimum Gasteiger partial charge on any atom is -1.00 e. The maximum Gasteiger partial charge on any atom is 0.0959 e. The van der Waals surface area contributed by atoms with Gasteiger partial charge in [-0.15, -0.1) is 0 Å². The second-order valence-electron chi connectivity index (χ2n) is 3.54. The van der Waals surface area contributed by atoms with Crippen LogP contribution in [0.3, 0.4) is 0 Å². The number of hydrogen-bond acceptors (Lipinski definition) is 1. The average Bonchev–Trinajstić information content (AvgIpc) is 2.06. The predicted octanol–water partition coefficient (Wildman–Crippen LogP) is -0.828. The van der Waals surface area contributed by atoms with Crippen molar-refractivity contribution in [2.45, 2.75) is 40.0 Å². The van der Waals surface area contributed by atoms with Gasteiger partial charge in [0.2, 0.25) is 0 Å². The molecule has 3 heteroatoms. The SMILES string of the molecule is CCC[N+](CCC)(CCC)NC.[Cl-]. The standard InChI is InChI=1S/C10H25N2.ClH/c1-5-8-12(11-4,9-6-2)10-7-3;/h11H,5-10H2,1-4H3;1H/q+1;/p-1. The van der Waals surface area contributed by atoms with Crippen LogP contribution in [0.5, 0.6) is 0 Å². The summed E-state index contributed by atoms with van der Waals surface area (Å²) in [6.07, 6.45) is 3.79. The lowest BCUT2D eigenvalue weighted by Gasteiger charge is -2.36. The second-order valence-corrected chi connectivity index (χ2v) is 3.54. The summed E-state index contributed by atoms with van der Waals surface area (Å²) in [5.74, 6) is 0. The van der Waals surface area contributed by atoms with E-state index in [1.807, 2.05) is 0 Å². The van der Waals surface area contributed by atoms with E-state index in [1.54, 1.807) is 0 Å². The molecule has 0 aliphatic rings. The third-order valence-corrected chi connectivity index (χ3v) is 2.43. The monoisotopic (exact) mass is 208 g/mol. The number of nitrogens with zero attached hydrogens (tertiary/aromatic N) is 1. The van der Waals surface area contributed by atoms with E-state index in [0.717, 1.165) is 4.59 Å². The van der Waals surface area contributed by atoms with Crippen LogP contribution < -0.4 is 17.8 Å². The van der Waals surface area contributed by atoms with Crippen LogP contribution in [0.2, 0.25) is 0 Å². The fraction of sp³-hybridized carbons (Fsp3) is 1.00. The average molecular weight is 209 g/mol. The van der Waals surface area contributed by atoms with Gasteiger partial charge in [0.25, 0.3) is 0 Å². The first-order chi connectivity index (χ1) is 5.74. The molecule has 0 rings (SSSR count). The Morgan fingerprint density at radius 2 is 1.15 bits per heavy atom. The number of rotatable bonds is 7. The van der Waals surface area contributed by atoms with Crippen molar-refractivity contribution in [3.05, 3.63) is 0 Å². The molecule has 0 unspecified atom stereocenters. The smallest absolute Gasteiger partial charge is 0.0959 e. The molecule has 0 aliphatic carbocycles. The van der Waals surface area contributed by atoms with Crippen molar-refractivity contribution in [1.82, 2.24) is 5.43 Å². The normalized spacial score (nSPS) is 11.1. The first-order valence-electron chi connectivity index (χ1n) is 5.29. The van der Waals surface area contributed by atoms with E-state index < -0.39 is 0 Å².